The van der Waals surface area contributed by atoms with E-state index >= 15 is 0 Å². The molecule has 0 radical (unpaired) electrons. The summed E-state index contributed by atoms with van der Waals surface area (Å²) in [5, 5.41) is 3.83. The topological polar surface area (TPSA) is 81.6 Å². The first-order valence-electron chi connectivity index (χ1n) is 9.16. The molecule has 1 atom stereocenters. The van der Waals surface area contributed by atoms with E-state index < -0.39 is 5.76 Å². The number of aromatic amines is 1. The number of carbonyl (C=O) groups excluding carboxylic acids is 1. The predicted molar refractivity (Wildman–Crippen MR) is 110 cm³/mol. The number of aromatic nitrogens is 1. The van der Waals surface area contributed by atoms with Crippen LogP contribution >= 0.6 is 11.6 Å². The number of halogens is 1. The van der Waals surface area contributed by atoms with E-state index in [2.05, 4.69) is 22.1 Å². The molecule has 3 aromatic rings. The fraction of sp³-hybridized carbons (Fsp3) is 0.300. The number of benzene rings is 2. The molecule has 4 rings (SSSR count). The highest BCUT2D eigenvalue weighted by molar-refractivity contribution is 6.30. The molecule has 0 aliphatic carbocycles. The van der Waals surface area contributed by atoms with Gasteiger partial charge in [0.05, 0.1) is 12.1 Å². The minimum Gasteiger partial charge on any atom is -0.408 e. The fourth-order valence-corrected chi connectivity index (χ4v) is 3.67. The summed E-state index contributed by atoms with van der Waals surface area (Å²) in [6, 6.07) is 13.3. The SMILES string of the molecule is C[C@@H]1CN(C(=O)CNc2ccc3[nH]c(=O)oc3c2)CCN1c1ccc(Cl)cc1. The van der Waals surface area contributed by atoms with Gasteiger partial charge in [-0.05, 0) is 43.3 Å². The smallest absolute Gasteiger partial charge is 0.408 e. The molecule has 1 fully saturated rings. The van der Waals surface area contributed by atoms with Gasteiger partial charge in [-0.1, -0.05) is 11.6 Å². The van der Waals surface area contributed by atoms with Gasteiger partial charge in [0.2, 0.25) is 5.91 Å². The zero-order valence-electron chi connectivity index (χ0n) is 15.4. The third-order valence-electron chi connectivity index (χ3n) is 5.00. The monoisotopic (exact) mass is 400 g/mol. The summed E-state index contributed by atoms with van der Waals surface area (Å²) in [5.41, 5.74) is 2.95. The van der Waals surface area contributed by atoms with Crippen LogP contribution in [0.15, 0.2) is 51.7 Å². The summed E-state index contributed by atoms with van der Waals surface area (Å²) >= 11 is 5.97. The first-order valence-corrected chi connectivity index (χ1v) is 9.54. The maximum absolute atomic E-state index is 12.6. The number of rotatable bonds is 4. The van der Waals surface area contributed by atoms with E-state index in [0.717, 1.165) is 17.9 Å². The number of anilines is 2. The molecule has 7 nitrogen and oxygen atoms in total. The van der Waals surface area contributed by atoms with E-state index in [4.69, 9.17) is 16.0 Å². The van der Waals surface area contributed by atoms with Crippen molar-refractivity contribution in [2.45, 2.75) is 13.0 Å². The Balaban J connectivity index is 1.35. The van der Waals surface area contributed by atoms with Crippen LogP contribution in [0.2, 0.25) is 5.02 Å². The van der Waals surface area contributed by atoms with Gasteiger partial charge in [-0.3, -0.25) is 9.78 Å². The van der Waals surface area contributed by atoms with Gasteiger partial charge in [0.15, 0.2) is 5.58 Å². The Morgan fingerprint density at radius 2 is 2.04 bits per heavy atom. The van der Waals surface area contributed by atoms with Gasteiger partial charge in [0.25, 0.3) is 0 Å². The molecular weight excluding hydrogens is 380 g/mol. The first-order chi connectivity index (χ1) is 13.5. The number of oxazole rings is 1. The van der Waals surface area contributed by atoms with Crippen LogP contribution in [0, 0.1) is 0 Å². The van der Waals surface area contributed by atoms with Crippen molar-refractivity contribution in [2.24, 2.45) is 0 Å². The standard InChI is InChI=1S/C20H21ClN4O3/c1-13-12-24(8-9-25(13)16-5-2-14(21)3-6-16)19(26)11-22-15-4-7-17-18(10-15)28-20(27)23-17/h2-7,10,13,22H,8-9,11-12H2,1H3,(H,23,27)/t13-/m1/s1. The van der Waals surface area contributed by atoms with Gasteiger partial charge in [-0.2, -0.15) is 0 Å². The Morgan fingerprint density at radius 3 is 2.79 bits per heavy atom. The summed E-state index contributed by atoms with van der Waals surface area (Å²) in [6.07, 6.45) is 0. The van der Waals surface area contributed by atoms with Crippen molar-refractivity contribution in [1.29, 1.82) is 0 Å². The van der Waals surface area contributed by atoms with Gasteiger partial charge in [0.1, 0.15) is 0 Å². The van der Waals surface area contributed by atoms with Crippen molar-refractivity contribution in [2.75, 3.05) is 36.4 Å². The second-order valence-corrected chi connectivity index (χ2v) is 7.37. The van der Waals surface area contributed by atoms with Crippen LogP contribution in [0.3, 0.4) is 0 Å². The molecule has 146 valence electrons. The molecule has 1 aliphatic rings. The molecule has 2 N–H and O–H groups in total. The Labute approximate surface area is 166 Å². The number of piperazine rings is 1. The lowest BCUT2D eigenvalue weighted by molar-refractivity contribution is -0.130. The Kier molecular flexibility index (Phi) is 5.00. The number of hydrogen-bond acceptors (Lipinski definition) is 5. The highest BCUT2D eigenvalue weighted by atomic mass is 35.5. The van der Waals surface area contributed by atoms with Crippen LogP contribution in [0.5, 0.6) is 0 Å². The van der Waals surface area contributed by atoms with E-state index in [1.54, 1.807) is 12.1 Å². The van der Waals surface area contributed by atoms with Crippen molar-refractivity contribution >= 4 is 40.0 Å². The van der Waals surface area contributed by atoms with Gasteiger partial charge in [-0.25, -0.2) is 4.79 Å². The van der Waals surface area contributed by atoms with Gasteiger partial charge in [0, 0.05) is 48.1 Å². The number of nitrogens with one attached hydrogen (secondary N) is 2. The van der Waals surface area contributed by atoms with Gasteiger partial charge < -0.3 is 19.5 Å². The zero-order valence-corrected chi connectivity index (χ0v) is 16.2. The summed E-state index contributed by atoms with van der Waals surface area (Å²) in [7, 11) is 0. The Bertz CT molecular complexity index is 1040. The number of carbonyl (C=O) groups is 1. The number of H-pyrrole nitrogens is 1. The molecule has 2 aromatic carbocycles. The Hall–Kier alpha value is -2.93. The number of hydrogen-bond donors (Lipinski definition) is 2. The normalized spacial score (nSPS) is 17.1. The quantitative estimate of drug-likeness (QED) is 0.703. The number of fused-ring (bicyclic) bond motifs is 1. The first kappa shape index (κ1) is 18.4. The molecule has 8 heteroatoms. The van der Waals surface area contributed by atoms with Gasteiger partial charge >= 0.3 is 5.76 Å². The molecule has 28 heavy (non-hydrogen) atoms. The van der Waals surface area contributed by atoms with Crippen LogP contribution in [-0.4, -0.2) is 48.0 Å². The highest BCUT2D eigenvalue weighted by Gasteiger charge is 2.26. The van der Waals surface area contributed by atoms with E-state index in [1.165, 1.54) is 0 Å². The van der Waals surface area contributed by atoms with Crippen LogP contribution in [0.1, 0.15) is 6.92 Å². The van der Waals surface area contributed by atoms with Crippen molar-refractivity contribution < 1.29 is 9.21 Å². The maximum atomic E-state index is 12.6. The fourth-order valence-electron chi connectivity index (χ4n) is 3.55. The summed E-state index contributed by atoms with van der Waals surface area (Å²) in [5.74, 6) is -0.450. The second kappa shape index (κ2) is 7.59. The molecule has 0 bridgehead atoms. The lowest BCUT2D eigenvalue weighted by atomic mass is 10.1. The lowest BCUT2D eigenvalue weighted by Crippen LogP contribution is -2.54. The lowest BCUT2D eigenvalue weighted by Gasteiger charge is -2.41. The Morgan fingerprint density at radius 1 is 1.25 bits per heavy atom. The molecule has 1 amide bonds. The molecule has 1 saturated heterocycles. The molecule has 0 spiro atoms. The largest absolute Gasteiger partial charge is 0.417 e. The van der Waals surface area contributed by atoms with E-state index in [9.17, 15) is 9.59 Å². The minimum absolute atomic E-state index is 0.0400. The molecule has 1 aromatic heterocycles. The van der Waals surface area contributed by atoms with E-state index in [1.807, 2.05) is 35.2 Å². The van der Waals surface area contributed by atoms with Crippen LogP contribution in [0.25, 0.3) is 11.1 Å². The molecule has 0 saturated carbocycles. The van der Waals surface area contributed by atoms with Crippen molar-refractivity contribution in [3.8, 4) is 0 Å². The second-order valence-electron chi connectivity index (χ2n) is 6.94. The zero-order chi connectivity index (χ0) is 19.7. The van der Waals surface area contributed by atoms with Gasteiger partial charge in [-0.15, -0.1) is 0 Å². The molecular formula is C20H21ClN4O3. The highest BCUT2D eigenvalue weighted by Crippen LogP contribution is 2.23. The summed E-state index contributed by atoms with van der Waals surface area (Å²) in [4.78, 5) is 30.6. The average molecular weight is 401 g/mol. The van der Waals surface area contributed by atoms with Crippen molar-refractivity contribution in [1.82, 2.24) is 9.88 Å². The van der Waals surface area contributed by atoms with E-state index in [-0.39, 0.29) is 18.5 Å². The van der Waals surface area contributed by atoms with Crippen LogP contribution in [-0.2, 0) is 4.79 Å². The third-order valence-corrected chi connectivity index (χ3v) is 5.26. The summed E-state index contributed by atoms with van der Waals surface area (Å²) in [6.45, 7) is 4.40. The van der Waals surface area contributed by atoms with Crippen LogP contribution < -0.4 is 16.0 Å². The minimum atomic E-state index is -0.490. The van der Waals surface area contributed by atoms with Crippen LogP contribution in [0.4, 0.5) is 11.4 Å². The van der Waals surface area contributed by atoms with Crippen molar-refractivity contribution in [3.63, 3.8) is 0 Å². The summed E-state index contributed by atoms with van der Waals surface area (Å²) < 4.78 is 5.05. The third kappa shape index (κ3) is 3.84. The van der Waals surface area contributed by atoms with E-state index in [0.29, 0.717) is 29.2 Å². The van der Waals surface area contributed by atoms with Crippen molar-refractivity contribution in [3.05, 3.63) is 58.0 Å². The maximum Gasteiger partial charge on any atom is 0.417 e. The average Bonchev–Trinajstić information content (AvgIpc) is 3.06. The number of nitrogens with zero attached hydrogens (tertiary/aromatic N) is 2. The molecule has 2 heterocycles. The molecule has 0 unspecified atom stereocenters. The molecule has 1 aliphatic heterocycles. The number of amides is 1. The predicted octanol–water partition coefficient (Wildman–Crippen LogP) is 2.92.